The monoisotopic (exact) mass is 272 g/mol. The summed E-state index contributed by atoms with van der Waals surface area (Å²) in [4.78, 5) is 17.0. The Morgan fingerprint density at radius 3 is 2.55 bits per heavy atom. The molecule has 1 fully saturated rings. The predicted octanol–water partition coefficient (Wildman–Crippen LogP) is 3.17. The molecule has 0 radical (unpaired) electrons. The molecule has 104 valence electrons. The molecule has 1 N–H and O–H groups in total. The van der Waals surface area contributed by atoms with E-state index in [-0.39, 0.29) is 17.6 Å². The first-order chi connectivity index (χ1) is 9.75. The summed E-state index contributed by atoms with van der Waals surface area (Å²) >= 11 is 0. The van der Waals surface area contributed by atoms with Gasteiger partial charge in [0.05, 0.1) is 0 Å². The average molecular weight is 272 g/mol. The molecule has 0 bridgehead atoms. The number of likely N-dealkylation sites (tertiary alicyclic amines) is 1. The molecule has 0 atom stereocenters. The molecule has 0 spiro atoms. The van der Waals surface area contributed by atoms with Gasteiger partial charge in [0.1, 0.15) is 11.5 Å². The molecule has 1 saturated heterocycles. The molecular formula is C16H17FN2O. The van der Waals surface area contributed by atoms with E-state index in [4.69, 9.17) is 0 Å². The van der Waals surface area contributed by atoms with Crippen molar-refractivity contribution in [2.45, 2.75) is 18.8 Å². The highest BCUT2D eigenvalue weighted by molar-refractivity contribution is 5.92. The van der Waals surface area contributed by atoms with Gasteiger partial charge in [0, 0.05) is 19.3 Å². The molecule has 4 heteroatoms. The van der Waals surface area contributed by atoms with Gasteiger partial charge in [-0.1, -0.05) is 18.2 Å². The van der Waals surface area contributed by atoms with Crippen molar-refractivity contribution in [3.63, 3.8) is 0 Å². The Labute approximate surface area is 117 Å². The Morgan fingerprint density at radius 2 is 1.90 bits per heavy atom. The molecule has 3 nitrogen and oxygen atoms in total. The van der Waals surface area contributed by atoms with Gasteiger partial charge in [0.2, 0.25) is 0 Å². The van der Waals surface area contributed by atoms with Crippen molar-refractivity contribution in [3.8, 4) is 0 Å². The molecule has 2 aromatic rings. The summed E-state index contributed by atoms with van der Waals surface area (Å²) in [6, 6.07) is 10.5. The van der Waals surface area contributed by atoms with Crippen LogP contribution in [0.4, 0.5) is 4.39 Å². The zero-order valence-electron chi connectivity index (χ0n) is 11.2. The van der Waals surface area contributed by atoms with Crippen LogP contribution in [0.25, 0.3) is 0 Å². The van der Waals surface area contributed by atoms with Gasteiger partial charge in [-0.3, -0.25) is 4.79 Å². The van der Waals surface area contributed by atoms with E-state index in [1.807, 2.05) is 23.1 Å². The molecule has 2 heterocycles. The summed E-state index contributed by atoms with van der Waals surface area (Å²) in [5.74, 6) is 0.104. The fraction of sp³-hybridized carbons (Fsp3) is 0.312. The van der Waals surface area contributed by atoms with Gasteiger partial charge in [-0.2, -0.15) is 0 Å². The third-order valence-corrected chi connectivity index (χ3v) is 3.96. The molecule has 0 aliphatic carbocycles. The zero-order valence-corrected chi connectivity index (χ0v) is 11.2. The first kappa shape index (κ1) is 12.9. The van der Waals surface area contributed by atoms with Crippen molar-refractivity contribution in [1.29, 1.82) is 0 Å². The SMILES string of the molecule is O=C(c1ccc[nH]1)N1CCC(c2ccccc2F)CC1. The van der Waals surface area contributed by atoms with Crippen LogP contribution in [0.1, 0.15) is 34.8 Å². The van der Waals surface area contributed by atoms with E-state index in [0.29, 0.717) is 18.8 Å². The van der Waals surface area contributed by atoms with E-state index >= 15 is 0 Å². The van der Waals surface area contributed by atoms with Crippen molar-refractivity contribution in [2.75, 3.05) is 13.1 Å². The largest absolute Gasteiger partial charge is 0.357 e. The number of amides is 1. The lowest BCUT2D eigenvalue weighted by atomic mass is 9.89. The number of carbonyl (C=O) groups excluding carboxylic acids is 1. The molecule has 1 aromatic heterocycles. The number of halogens is 1. The lowest BCUT2D eigenvalue weighted by Crippen LogP contribution is -2.38. The van der Waals surface area contributed by atoms with Crippen molar-refractivity contribution >= 4 is 5.91 Å². The third-order valence-electron chi connectivity index (χ3n) is 3.96. The van der Waals surface area contributed by atoms with Gasteiger partial charge in [-0.25, -0.2) is 4.39 Å². The minimum atomic E-state index is -0.137. The highest BCUT2D eigenvalue weighted by atomic mass is 19.1. The van der Waals surface area contributed by atoms with Crippen LogP contribution in [-0.4, -0.2) is 28.9 Å². The van der Waals surface area contributed by atoms with Gasteiger partial charge >= 0.3 is 0 Å². The van der Waals surface area contributed by atoms with E-state index in [2.05, 4.69) is 4.98 Å². The van der Waals surface area contributed by atoms with E-state index in [1.165, 1.54) is 6.07 Å². The van der Waals surface area contributed by atoms with Crippen LogP contribution in [-0.2, 0) is 0 Å². The number of aromatic amines is 1. The molecule has 3 rings (SSSR count). The van der Waals surface area contributed by atoms with Gasteiger partial charge in [-0.15, -0.1) is 0 Å². The Hall–Kier alpha value is -2.10. The summed E-state index contributed by atoms with van der Waals surface area (Å²) < 4.78 is 13.8. The average Bonchev–Trinajstić information content (AvgIpc) is 3.01. The summed E-state index contributed by atoms with van der Waals surface area (Å²) in [5, 5.41) is 0. The van der Waals surface area contributed by atoms with Crippen molar-refractivity contribution in [2.24, 2.45) is 0 Å². The van der Waals surface area contributed by atoms with E-state index in [1.54, 1.807) is 18.3 Å². The number of rotatable bonds is 2. The Bertz CT molecular complexity index is 586. The number of H-pyrrole nitrogens is 1. The normalized spacial score (nSPS) is 16.4. The summed E-state index contributed by atoms with van der Waals surface area (Å²) in [6.07, 6.45) is 3.38. The molecule has 0 unspecified atom stereocenters. The second kappa shape index (κ2) is 5.49. The standard InChI is InChI=1S/C16H17FN2O/c17-14-5-2-1-4-13(14)12-7-10-19(11-8-12)16(20)15-6-3-9-18-15/h1-6,9,12,18H,7-8,10-11H2. The van der Waals surface area contributed by atoms with Gasteiger partial charge in [0.15, 0.2) is 0 Å². The fourth-order valence-electron chi connectivity index (χ4n) is 2.83. The van der Waals surface area contributed by atoms with Crippen LogP contribution >= 0.6 is 0 Å². The Kier molecular flexibility index (Phi) is 3.54. The van der Waals surface area contributed by atoms with Crippen molar-refractivity contribution < 1.29 is 9.18 Å². The number of benzene rings is 1. The Balaban J connectivity index is 1.65. The van der Waals surface area contributed by atoms with Crippen LogP contribution in [0, 0.1) is 5.82 Å². The molecule has 1 aromatic carbocycles. The smallest absolute Gasteiger partial charge is 0.270 e. The van der Waals surface area contributed by atoms with Gasteiger partial charge < -0.3 is 9.88 Å². The van der Waals surface area contributed by atoms with Crippen LogP contribution in [0.3, 0.4) is 0 Å². The molecule has 1 amide bonds. The van der Waals surface area contributed by atoms with E-state index in [0.717, 1.165) is 18.4 Å². The number of carbonyl (C=O) groups is 1. The first-order valence-electron chi connectivity index (χ1n) is 6.93. The molecule has 20 heavy (non-hydrogen) atoms. The van der Waals surface area contributed by atoms with Crippen molar-refractivity contribution in [3.05, 3.63) is 59.7 Å². The Morgan fingerprint density at radius 1 is 1.15 bits per heavy atom. The summed E-state index contributed by atoms with van der Waals surface area (Å²) in [6.45, 7) is 1.35. The molecule has 1 aliphatic rings. The second-order valence-electron chi connectivity index (χ2n) is 5.17. The number of hydrogen-bond donors (Lipinski definition) is 1. The third kappa shape index (κ3) is 2.46. The highest BCUT2D eigenvalue weighted by Gasteiger charge is 2.26. The number of nitrogens with zero attached hydrogens (tertiary/aromatic N) is 1. The maximum absolute atomic E-state index is 13.8. The summed E-state index contributed by atoms with van der Waals surface area (Å²) in [7, 11) is 0. The quantitative estimate of drug-likeness (QED) is 0.895. The van der Waals surface area contributed by atoms with Gasteiger partial charge in [-0.05, 0) is 42.5 Å². The maximum Gasteiger partial charge on any atom is 0.270 e. The van der Waals surface area contributed by atoms with E-state index < -0.39 is 0 Å². The topological polar surface area (TPSA) is 36.1 Å². The zero-order chi connectivity index (χ0) is 13.9. The van der Waals surface area contributed by atoms with Crippen LogP contribution in [0.15, 0.2) is 42.6 Å². The molecule has 0 saturated carbocycles. The van der Waals surface area contributed by atoms with E-state index in [9.17, 15) is 9.18 Å². The van der Waals surface area contributed by atoms with Crippen LogP contribution in [0.2, 0.25) is 0 Å². The fourth-order valence-corrected chi connectivity index (χ4v) is 2.83. The molecule has 1 aliphatic heterocycles. The lowest BCUT2D eigenvalue weighted by molar-refractivity contribution is 0.0707. The second-order valence-corrected chi connectivity index (χ2v) is 5.17. The summed E-state index contributed by atoms with van der Waals surface area (Å²) in [5.41, 5.74) is 1.40. The first-order valence-corrected chi connectivity index (χ1v) is 6.93. The van der Waals surface area contributed by atoms with Crippen molar-refractivity contribution in [1.82, 2.24) is 9.88 Å². The predicted molar refractivity (Wildman–Crippen MR) is 75.1 cm³/mol. The van der Waals surface area contributed by atoms with Crippen LogP contribution < -0.4 is 0 Å². The minimum Gasteiger partial charge on any atom is -0.357 e. The number of hydrogen-bond acceptors (Lipinski definition) is 1. The highest BCUT2D eigenvalue weighted by Crippen LogP contribution is 2.30. The number of piperidine rings is 1. The van der Waals surface area contributed by atoms with Crippen LogP contribution in [0.5, 0.6) is 0 Å². The minimum absolute atomic E-state index is 0.0296. The maximum atomic E-state index is 13.8. The van der Waals surface area contributed by atoms with Gasteiger partial charge in [0.25, 0.3) is 5.91 Å². The molecular weight excluding hydrogens is 255 g/mol. The lowest BCUT2D eigenvalue weighted by Gasteiger charge is -2.32. The number of nitrogens with one attached hydrogen (secondary N) is 1. The number of aromatic nitrogens is 1.